The smallest absolute Gasteiger partial charge is 0.199 e. The summed E-state index contributed by atoms with van der Waals surface area (Å²) in [6, 6.07) is 18.3. The monoisotopic (exact) mass is 296 g/mol. The minimum absolute atomic E-state index is 0.601. The molecule has 0 amide bonds. The Labute approximate surface area is 128 Å². The van der Waals surface area contributed by atoms with Crippen molar-refractivity contribution in [1.82, 2.24) is 14.8 Å². The zero-order chi connectivity index (χ0) is 14.7. The van der Waals surface area contributed by atoms with E-state index in [2.05, 4.69) is 34.6 Å². The first-order valence-corrected chi connectivity index (χ1v) is 7.17. The van der Waals surface area contributed by atoms with Gasteiger partial charge in [0.1, 0.15) is 0 Å². The molecule has 1 aromatic heterocycles. The first-order valence-electron chi connectivity index (χ1n) is 6.76. The molecule has 0 fully saturated rings. The summed E-state index contributed by atoms with van der Waals surface area (Å²) in [5, 5.41) is 10.5. The molecule has 1 heterocycles. The number of nitrogens with one attached hydrogen (secondary N) is 2. The Morgan fingerprint density at radius 3 is 2.52 bits per heavy atom. The highest BCUT2D eigenvalue weighted by Gasteiger charge is 2.07. The van der Waals surface area contributed by atoms with Crippen LogP contribution in [-0.4, -0.2) is 14.8 Å². The average molecular weight is 296 g/mol. The number of rotatable bonds is 4. The Hall–Kier alpha value is -2.40. The van der Waals surface area contributed by atoms with Crippen molar-refractivity contribution >= 4 is 17.9 Å². The fraction of sp³-hybridized carbons (Fsp3) is 0.125. The zero-order valence-electron chi connectivity index (χ0n) is 11.7. The van der Waals surface area contributed by atoms with Gasteiger partial charge in [0.25, 0.3) is 0 Å². The molecule has 0 saturated heterocycles. The second-order valence-electron chi connectivity index (χ2n) is 4.84. The van der Waals surface area contributed by atoms with Gasteiger partial charge in [0.15, 0.2) is 10.6 Å². The highest BCUT2D eigenvalue weighted by molar-refractivity contribution is 7.71. The maximum Gasteiger partial charge on any atom is 0.199 e. The number of hydrogen-bond donors (Lipinski definition) is 2. The number of aromatic nitrogens is 3. The van der Waals surface area contributed by atoms with Gasteiger partial charge < -0.3 is 5.32 Å². The van der Waals surface area contributed by atoms with Gasteiger partial charge in [0.05, 0.1) is 6.54 Å². The molecule has 0 unspecified atom stereocenters. The van der Waals surface area contributed by atoms with E-state index >= 15 is 0 Å². The van der Waals surface area contributed by atoms with E-state index in [-0.39, 0.29) is 0 Å². The Bertz CT molecular complexity index is 772. The lowest BCUT2D eigenvalue weighted by atomic mass is 10.2. The van der Waals surface area contributed by atoms with Crippen molar-refractivity contribution < 1.29 is 0 Å². The van der Waals surface area contributed by atoms with Gasteiger partial charge in [-0.2, -0.15) is 5.10 Å². The Morgan fingerprint density at radius 2 is 1.81 bits per heavy atom. The number of benzene rings is 2. The molecule has 0 aliphatic rings. The van der Waals surface area contributed by atoms with Crippen molar-refractivity contribution in [3.63, 3.8) is 0 Å². The molecule has 0 bridgehead atoms. The van der Waals surface area contributed by atoms with E-state index in [1.165, 1.54) is 5.56 Å². The maximum atomic E-state index is 5.34. The normalized spacial score (nSPS) is 10.5. The van der Waals surface area contributed by atoms with Crippen LogP contribution in [0.25, 0.3) is 5.69 Å². The molecule has 3 rings (SSSR count). The van der Waals surface area contributed by atoms with Gasteiger partial charge in [0, 0.05) is 11.4 Å². The molecular weight excluding hydrogens is 280 g/mol. The molecular formula is C16H16N4S. The van der Waals surface area contributed by atoms with Gasteiger partial charge in [-0.15, -0.1) is 0 Å². The molecule has 5 heteroatoms. The zero-order valence-corrected chi connectivity index (χ0v) is 12.5. The number of hydrogen-bond acceptors (Lipinski definition) is 3. The fourth-order valence-electron chi connectivity index (χ4n) is 2.15. The number of anilines is 1. The predicted octanol–water partition coefficient (Wildman–Crippen LogP) is 3.85. The molecule has 0 aliphatic heterocycles. The molecule has 4 nitrogen and oxygen atoms in total. The first-order chi connectivity index (χ1) is 10.2. The second kappa shape index (κ2) is 5.93. The van der Waals surface area contributed by atoms with Crippen LogP contribution < -0.4 is 5.32 Å². The molecule has 0 atom stereocenters. The summed E-state index contributed by atoms with van der Waals surface area (Å²) in [5.41, 5.74) is 3.30. The van der Waals surface area contributed by atoms with Crippen LogP contribution in [0.4, 0.5) is 5.69 Å². The third-order valence-corrected chi connectivity index (χ3v) is 3.53. The molecule has 3 aromatic rings. The van der Waals surface area contributed by atoms with Crippen LogP contribution in [-0.2, 0) is 6.54 Å². The van der Waals surface area contributed by atoms with Crippen molar-refractivity contribution in [3.05, 3.63) is 70.8 Å². The number of aryl methyl sites for hydroxylation is 1. The Kier molecular flexibility index (Phi) is 3.83. The largest absolute Gasteiger partial charge is 0.378 e. The lowest BCUT2D eigenvalue weighted by Crippen LogP contribution is -2.07. The van der Waals surface area contributed by atoms with E-state index in [9.17, 15) is 0 Å². The molecule has 0 saturated carbocycles. The molecule has 0 aliphatic carbocycles. The summed E-state index contributed by atoms with van der Waals surface area (Å²) in [6.07, 6.45) is 0. The minimum atomic E-state index is 0.601. The maximum absolute atomic E-state index is 5.34. The predicted molar refractivity (Wildman–Crippen MR) is 87.3 cm³/mol. The van der Waals surface area contributed by atoms with Crippen molar-refractivity contribution in [2.45, 2.75) is 13.5 Å². The minimum Gasteiger partial charge on any atom is -0.378 e. The van der Waals surface area contributed by atoms with Gasteiger partial charge in [-0.1, -0.05) is 35.9 Å². The van der Waals surface area contributed by atoms with E-state index in [1.807, 2.05) is 47.0 Å². The van der Waals surface area contributed by atoms with E-state index in [1.54, 1.807) is 0 Å². The van der Waals surface area contributed by atoms with Gasteiger partial charge >= 0.3 is 0 Å². The lowest BCUT2D eigenvalue weighted by Gasteiger charge is -2.09. The fourth-order valence-corrected chi connectivity index (χ4v) is 2.40. The van der Waals surface area contributed by atoms with Gasteiger partial charge in [-0.05, 0) is 43.4 Å². The molecule has 0 spiro atoms. The first kappa shape index (κ1) is 13.6. The van der Waals surface area contributed by atoms with Crippen molar-refractivity contribution in [3.8, 4) is 5.69 Å². The van der Waals surface area contributed by atoms with Crippen molar-refractivity contribution in [2.75, 3.05) is 5.32 Å². The molecule has 2 N–H and O–H groups in total. The molecule has 2 aromatic carbocycles. The van der Waals surface area contributed by atoms with E-state index < -0.39 is 0 Å². The summed E-state index contributed by atoms with van der Waals surface area (Å²) < 4.78 is 2.55. The molecule has 0 radical (unpaired) electrons. The van der Waals surface area contributed by atoms with Crippen LogP contribution in [0, 0.1) is 11.7 Å². The van der Waals surface area contributed by atoms with Crippen molar-refractivity contribution in [1.29, 1.82) is 0 Å². The van der Waals surface area contributed by atoms with Crippen LogP contribution in [0.2, 0.25) is 0 Å². The topological polar surface area (TPSA) is 45.6 Å². The summed E-state index contributed by atoms with van der Waals surface area (Å²) in [7, 11) is 0. The van der Waals surface area contributed by atoms with Gasteiger partial charge in [-0.3, -0.25) is 9.67 Å². The summed E-state index contributed by atoms with van der Waals surface area (Å²) >= 11 is 5.34. The van der Waals surface area contributed by atoms with Crippen LogP contribution in [0.15, 0.2) is 54.6 Å². The Balaban J connectivity index is 1.87. The van der Waals surface area contributed by atoms with Gasteiger partial charge in [0.2, 0.25) is 0 Å². The molecule has 21 heavy (non-hydrogen) atoms. The number of nitrogens with zero attached hydrogens (tertiary/aromatic N) is 2. The van der Waals surface area contributed by atoms with Crippen LogP contribution >= 0.6 is 12.2 Å². The number of para-hydroxylation sites is 1. The van der Waals surface area contributed by atoms with Crippen molar-refractivity contribution in [2.24, 2.45) is 0 Å². The number of aromatic amines is 1. The van der Waals surface area contributed by atoms with E-state index in [4.69, 9.17) is 12.2 Å². The molecule has 106 valence electrons. The third-order valence-electron chi connectivity index (χ3n) is 3.26. The lowest BCUT2D eigenvalue weighted by molar-refractivity contribution is 0.887. The second-order valence-corrected chi connectivity index (χ2v) is 5.22. The summed E-state index contributed by atoms with van der Waals surface area (Å²) in [6.45, 7) is 2.67. The number of H-pyrrole nitrogens is 1. The standard InChI is InChI=1S/C16H16N4S/c1-12-7-9-14(10-8-12)20-15(18-19-16(20)21)11-17-13-5-3-2-4-6-13/h2-10,17H,11H2,1H3,(H,19,21). The SMILES string of the molecule is Cc1ccc(-n2c(CNc3ccccc3)n[nH]c2=S)cc1. The highest BCUT2D eigenvalue weighted by Crippen LogP contribution is 2.14. The van der Waals surface area contributed by atoms with Crippen LogP contribution in [0.3, 0.4) is 0 Å². The highest BCUT2D eigenvalue weighted by atomic mass is 32.1. The van der Waals surface area contributed by atoms with E-state index in [0.717, 1.165) is 17.2 Å². The summed E-state index contributed by atoms with van der Waals surface area (Å²) in [4.78, 5) is 0. The Morgan fingerprint density at radius 1 is 1.10 bits per heavy atom. The average Bonchev–Trinajstić information content (AvgIpc) is 2.88. The third kappa shape index (κ3) is 3.03. The van der Waals surface area contributed by atoms with Crippen LogP contribution in [0.5, 0.6) is 0 Å². The van der Waals surface area contributed by atoms with E-state index in [0.29, 0.717) is 11.3 Å². The quantitative estimate of drug-likeness (QED) is 0.719. The van der Waals surface area contributed by atoms with Gasteiger partial charge in [-0.25, -0.2) is 0 Å². The summed E-state index contributed by atoms with van der Waals surface area (Å²) in [5.74, 6) is 0.854. The van der Waals surface area contributed by atoms with Crippen LogP contribution in [0.1, 0.15) is 11.4 Å².